The van der Waals surface area contributed by atoms with Crippen LogP contribution >= 0.6 is 11.3 Å². The number of nitrogens with zero attached hydrogens (tertiary/aromatic N) is 3. The standard InChI is InChI=1S/C44H57F2N5O10S2/c1-9-26-20-44(26,40(55)50-63(56,57)59-24-43(7,45)46)21-36(52)35-17-29(22-51(35)39(54)31(42(4,5)6)18-38(53)61-27-12-10-11-13-27)60-37-19-33(34-23-62-41(49-34)47-25(2)3)48-32-16-28(58-8)14-15-30(32)37/h9,14-16,19,23,25-27,29,31,35H,1,10-13,17-18,20-22,24H2,2-8H3,(H,47,49)(H,50,55)/t26-,29-,31-,35+,44-/m1/s1. The number of amides is 2. The first-order valence-corrected chi connectivity index (χ1v) is 23.4. The number of halogens is 2. The largest absolute Gasteiger partial charge is 0.497 e. The molecule has 344 valence electrons. The van der Waals surface area contributed by atoms with E-state index in [1.165, 1.54) is 22.3 Å². The van der Waals surface area contributed by atoms with E-state index in [1.54, 1.807) is 36.1 Å². The fourth-order valence-corrected chi connectivity index (χ4v) is 9.96. The summed E-state index contributed by atoms with van der Waals surface area (Å²) in [6.07, 6.45) is 3.06. The van der Waals surface area contributed by atoms with Crippen molar-refractivity contribution in [3.63, 3.8) is 0 Å². The number of allylic oxidation sites excluding steroid dienone is 1. The van der Waals surface area contributed by atoms with Crippen LogP contribution in [0.25, 0.3) is 22.3 Å². The molecule has 2 saturated carbocycles. The lowest BCUT2D eigenvalue weighted by Crippen LogP contribution is -2.48. The maximum atomic E-state index is 14.9. The Hall–Kier alpha value is -4.75. The number of carbonyl (C=O) groups is 4. The van der Waals surface area contributed by atoms with Gasteiger partial charge in [-0.05, 0) is 69.4 Å². The number of nitrogens with one attached hydrogen (secondary N) is 2. The van der Waals surface area contributed by atoms with Crippen molar-refractivity contribution in [1.82, 2.24) is 19.6 Å². The maximum Gasteiger partial charge on any atom is 0.362 e. The van der Waals surface area contributed by atoms with Crippen LogP contribution in [-0.2, 0) is 38.4 Å². The molecule has 0 bridgehead atoms. The van der Waals surface area contributed by atoms with Gasteiger partial charge in [-0.2, -0.15) is 8.42 Å². The van der Waals surface area contributed by atoms with Gasteiger partial charge in [0.1, 0.15) is 36.0 Å². The Labute approximate surface area is 370 Å². The number of anilines is 1. The van der Waals surface area contributed by atoms with Gasteiger partial charge in [0.2, 0.25) is 11.8 Å². The molecule has 2 aliphatic carbocycles. The summed E-state index contributed by atoms with van der Waals surface area (Å²) in [5, 5.41) is 6.49. The predicted molar refractivity (Wildman–Crippen MR) is 233 cm³/mol. The molecule has 1 aliphatic heterocycles. The van der Waals surface area contributed by atoms with Crippen LogP contribution in [0.3, 0.4) is 0 Å². The van der Waals surface area contributed by atoms with E-state index < -0.39 is 87.6 Å². The molecule has 3 fully saturated rings. The number of thiazole rings is 1. The monoisotopic (exact) mass is 917 g/mol. The molecule has 0 unspecified atom stereocenters. The second-order valence-corrected chi connectivity index (χ2v) is 20.5. The Morgan fingerprint density at radius 2 is 1.78 bits per heavy atom. The third-order valence-corrected chi connectivity index (χ3v) is 13.4. The molecule has 19 heteroatoms. The van der Waals surface area contributed by atoms with Crippen molar-refractivity contribution in [3.05, 3.63) is 42.3 Å². The summed E-state index contributed by atoms with van der Waals surface area (Å²) in [5.74, 6) is -6.80. The molecule has 2 N–H and O–H groups in total. The Balaban J connectivity index is 1.33. The number of esters is 1. The zero-order valence-electron chi connectivity index (χ0n) is 36.7. The number of alkyl halides is 2. The minimum Gasteiger partial charge on any atom is -0.497 e. The molecular weight excluding hydrogens is 861 g/mol. The molecule has 15 nitrogen and oxygen atoms in total. The van der Waals surface area contributed by atoms with Crippen molar-refractivity contribution in [2.24, 2.45) is 22.7 Å². The highest BCUT2D eigenvalue weighted by Crippen LogP contribution is 2.57. The van der Waals surface area contributed by atoms with Crippen LogP contribution in [0.4, 0.5) is 13.9 Å². The van der Waals surface area contributed by atoms with E-state index in [0.29, 0.717) is 45.8 Å². The zero-order valence-corrected chi connectivity index (χ0v) is 38.3. The van der Waals surface area contributed by atoms with E-state index in [2.05, 4.69) is 16.1 Å². The van der Waals surface area contributed by atoms with E-state index in [-0.39, 0.29) is 38.0 Å². The minimum absolute atomic E-state index is 0.0220. The molecule has 63 heavy (non-hydrogen) atoms. The summed E-state index contributed by atoms with van der Waals surface area (Å²) in [4.78, 5) is 67.5. The number of hydrogen-bond donors (Lipinski definition) is 2. The topological polar surface area (TPSA) is 192 Å². The summed E-state index contributed by atoms with van der Waals surface area (Å²) in [6.45, 7) is 12.1. The number of pyridine rings is 1. The van der Waals surface area contributed by atoms with Gasteiger partial charge in [-0.25, -0.2) is 27.7 Å². The van der Waals surface area contributed by atoms with E-state index in [4.69, 9.17) is 24.2 Å². The molecule has 1 aromatic carbocycles. The molecule has 3 aliphatic rings. The Bertz CT molecular complexity index is 2320. The first kappa shape index (κ1) is 47.7. The SMILES string of the molecule is C=C[C@@H]1C[C@]1(CC(=O)[C@@H]1C[C@@H](Oc2cc(-c3csc(NC(C)C)n3)nc3cc(OC)ccc23)CN1C(=O)[C@@H](CC(=O)OC1CCCC1)C(C)(C)C)C(=O)NS(=O)(=O)OCC(C)(F)F. The van der Waals surface area contributed by atoms with Gasteiger partial charge < -0.3 is 24.4 Å². The summed E-state index contributed by atoms with van der Waals surface area (Å²) in [5.41, 5.74) is -0.742. The van der Waals surface area contributed by atoms with Crippen LogP contribution in [0, 0.1) is 22.7 Å². The van der Waals surface area contributed by atoms with Gasteiger partial charge in [0.15, 0.2) is 10.9 Å². The normalized spacial score (nSPS) is 22.2. The molecule has 6 rings (SSSR count). The average Bonchev–Trinajstić information content (AvgIpc) is 3.61. The van der Waals surface area contributed by atoms with Gasteiger partial charge in [0, 0.05) is 48.7 Å². The zero-order chi connectivity index (χ0) is 46.1. The van der Waals surface area contributed by atoms with Crippen molar-refractivity contribution in [3.8, 4) is 22.9 Å². The number of aromatic nitrogens is 2. The summed E-state index contributed by atoms with van der Waals surface area (Å²) in [7, 11) is -3.44. The molecule has 2 aromatic heterocycles. The maximum absolute atomic E-state index is 14.9. The molecule has 5 atom stereocenters. The quantitative estimate of drug-likeness (QED) is 0.0903. The molecule has 0 radical (unpaired) electrons. The van der Waals surface area contributed by atoms with Gasteiger partial charge in [-0.3, -0.25) is 19.2 Å². The first-order chi connectivity index (χ1) is 29.5. The summed E-state index contributed by atoms with van der Waals surface area (Å²) >= 11 is 1.42. The number of Topliss-reactive ketones (excluding diaryl/α,β-unsaturated/α-hetero) is 1. The highest BCUT2D eigenvalue weighted by atomic mass is 32.2. The Morgan fingerprint density at radius 3 is 2.40 bits per heavy atom. The fourth-order valence-electron chi connectivity index (χ4n) is 8.26. The van der Waals surface area contributed by atoms with Gasteiger partial charge in [0.25, 0.3) is 5.92 Å². The van der Waals surface area contributed by atoms with E-state index in [0.717, 1.165) is 25.7 Å². The van der Waals surface area contributed by atoms with Gasteiger partial charge >= 0.3 is 16.3 Å². The third-order valence-electron chi connectivity index (χ3n) is 11.7. The molecule has 0 spiro atoms. The smallest absolute Gasteiger partial charge is 0.362 e. The lowest BCUT2D eigenvalue weighted by molar-refractivity contribution is -0.156. The lowest BCUT2D eigenvalue weighted by atomic mass is 9.77. The Kier molecular flexibility index (Phi) is 14.2. The van der Waals surface area contributed by atoms with Crippen molar-refractivity contribution < 1.29 is 54.8 Å². The minimum atomic E-state index is -4.98. The Morgan fingerprint density at radius 1 is 1.06 bits per heavy atom. The fraction of sp³-hybridized carbons (Fsp3) is 0.591. The number of carbonyl (C=O) groups excluding carboxylic acids is 4. The molecule has 2 amide bonds. The number of rotatable bonds is 19. The second kappa shape index (κ2) is 18.8. The van der Waals surface area contributed by atoms with Gasteiger partial charge in [0.05, 0.1) is 48.7 Å². The van der Waals surface area contributed by atoms with Crippen molar-refractivity contribution >= 4 is 61.2 Å². The average molecular weight is 918 g/mol. The number of methoxy groups -OCH3 is 1. The molecule has 3 aromatic rings. The third kappa shape index (κ3) is 11.7. The highest BCUT2D eigenvalue weighted by Gasteiger charge is 2.61. The molecule has 1 saturated heterocycles. The predicted octanol–water partition coefficient (Wildman–Crippen LogP) is 7.26. The van der Waals surface area contributed by atoms with Crippen molar-refractivity contribution in [1.29, 1.82) is 0 Å². The molecular formula is C44H57F2N5O10S2. The second-order valence-electron chi connectivity index (χ2n) is 18.3. The van der Waals surface area contributed by atoms with Crippen LogP contribution in [0.5, 0.6) is 11.5 Å². The number of ketones is 1. The van der Waals surface area contributed by atoms with E-state index >= 15 is 0 Å². The van der Waals surface area contributed by atoms with Crippen molar-refractivity contribution in [2.75, 3.05) is 25.6 Å². The number of likely N-dealkylation sites (tertiary alicyclic amines) is 1. The first-order valence-electron chi connectivity index (χ1n) is 21.1. The van der Waals surface area contributed by atoms with Crippen LogP contribution in [-0.4, -0.2) is 97.3 Å². The number of benzene rings is 1. The van der Waals surface area contributed by atoms with Crippen LogP contribution in [0.1, 0.15) is 92.9 Å². The van der Waals surface area contributed by atoms with Gasteiger partial charge in [-0.15, -0.1) is 17.9 Å². The van der Waals surface area contributed by atoms with Crippen LogP contribution in [0.15, 0.2) is 42.3 Å². The molecule has 3 heterocycles. The van der Waals surface area contributed by atoms with Crippen LogP contribution < -0.4 is 19.5 Å². The van der Waals surface area contributed by atoms with Gasteiger partial charge in [-0.1, -0.05) is 26.8 Å². The summed E-state index contributed by atoms with van der Waals surface area (Å²) in [6, 6.07) is 6.04. The number of ether oxygens (including phenoxy) is 3. The highest BCUT2D eigenvalue weighted by molar-refractivity contribution is 7.85. The van der Waals surface area contributed by atoms with Crippen molar-refractivity contribution in [2.45, 2.75) is 123 Å². The van der Waals surface area contributed by atoms with Crippen LogP contribution in [0.2, 0.25) is 0 Å². The number of fused-ring (bicyclic) bond motifs is 1. The summed E-state index contributed by atoms with van der Waals surface area (Å²) < 4.78 is 76.2. The number of hydrogen-bond acceptors (Lipinski definition) is 14. The van der Waals surface area contributed by atoms with E-state index in [9.17, 15) is 36.4 Å². The van der Waals surface area contributed by atoms with E-state index in [1.807, 2.05) is 40.0 Å². The lowest BCUT2D eigenvalue weighted by Gasteiger charge is -2.35.